The highest BCUT2D eigenvalue weighted by molar-refractivity contribution is 7.89. The van der Waals surface area contributed by atoms with Gasteiger partial charge in [-0.3, -0.25) is 9.59 Å². The van der Waals surface area contributed by atoms with E-state index in [0.717, 1.165) is 6.42 Å². The van der Waals surface area contributed by atoms with E-state index in [1.54, 1.807) is 28.9 Å². The molecule has 1 aromatic carbocycles. The second-order valence-electron chi connectivity index (χ2n) is 7.13. The van der Waals surface area contributed by atoms with Crippen LogP contribution in [0.5, 0.6) is 0 Å². The molecule has 0 radical (unpaired) electrons. The van der Waals surface area contributed by atoms with Gasteiger partial charge in [0.25, 0.3) is 5.91 Å². The van der Waals surface area contributed by atoms with Gasteiger partial charge in [0.2, 0.25) is 15.9 Å². The van der Waals surface area contributed by atoms with Crippen molar-refractivity contribution in [2.24, 2.45) is 5.92 Å². The number of rotatable bonds is 7. The summed E-state index contributed by atoms with van der Waals surface area (Å²) in [6.07, 6.45) is 1.40. The molecule has 1 saturated heterocycles. The second kappa shape index (κ2) is 9.32. The second-order valence-corrected chi connectivity index (χ2v) is 8.90. The Bertz CT molecular complexity index is 769. The zero-order valence-electron chi connectivity index (χ0n) is 16.3. The molecule has 150 valence electrons. The van der Waals surface area contributed by atoms with E-state index in [2.05, 4.69) is 18.6 Å². The van der Waals surface area contributed by atoms with Gasteiger partial charge in [-0.2, -0.15) is 0 Å². The number of hydrogen-bond acceptors (Lipinski definition) is 4. The molecular weight excluding hydrogens is 366 g/mol. The lowest BCUT2D eigenvalue weighted by atomic mass is 10.1. The van der Waals surface area contributed by atoms with Crippen LogP contribution in [0.4, 0.5) is 0 Å². The van der Waals surface area contributed by atoms with Crippen molar-refractivity contribution in [1.82, 2.24) is 14.5 Å². The summed E-state index contributed by atoms with van der Waals surface area (Å²) >= 11 is 0. The maximum Gasteiger partial charge on any atom is 0.254 e. The van der Waals surface area contributed by atoms with Gasteiger partial charge < -0.3 is 9.80 Å². The van der Waals surface area contributed by atoms with Crippen LogP contribution in [-0.4, -0.2) is 62.8 Å². The number of carbonyl (C=O) groups is 2. The first-order valence-electron chi connectivity index (χ1n) is 9.41. The van der Waals surface area contributed by atoms with Crippen LogP contribution in [-0.2, 0) is 14.8 Å². The van der Waals surface area contributed by atoms with Gasteiger partial charge in [0.1, 0.15) is 0 Å². The molecule has 1 N–H and O–H groups in total. The first kappa shape index (κ1) is 21.4. The number of carbonyl (C=O) groups excluding carboxylic acids is 2. The van der Waals surface area contributed by atoms with Gasteiger partial charge in [-0.1, -0.05) is 26.8 Å². The Labute approximate surface area is 161 Å². The zero-order chi connectivity index (χ0) is 20.0. The van der Waals surface area contributed by atoms with Crippen LogP contribution in [0.3, 0.4) is 0 Å². The Morgan fingerprint density at radius 3 is 2.33 bits per heavy atom. The van der Waals surface area contributed by atoms with Crippen molar-refractivity contribution in [2.45, 2.75) is 38.5 Å². The fourth-order valence-corrected chi connectivity index (χ4v) is 4.07. The molecule has 1 fully saturated rings. The fraction of sp³-hybridized carbons (Fsp3) is 0.579. The summed E-state index contributed by atoms with van der Waals surface area (Å²) < 4.78 is 26.7. The first-order valence-corrected chi connectivity index (χ1v) is 10.9. The molecule has 1 aliphatic heterocycles. The molecule has 2 rings (SSSR count). The van der Waals surface area contributed by atoms with Crippen molar-refractivity contribution in [3.63, 3.8) is 0 Å². The molecule has 0 atom stereocenters. The molecule has 0 saturated carbocycles. The first-order chi connectivity index (χ1) is 12.7. The van der Waals surface area contributed by atoms with Crippen LogP contribution >= 0.6 is 0 Å². The summed E-state index contributed by atoms with van der Waals surface area (Å²) in [6.45, 7) is 8.10. The standard InChI is InChI=1S/C19H29N3O4S/c1-4-20-27(25,26)17-7-5-6-16(14-17)19(24)22-12-10-21(11-13-22)18(23)9-8-15(2)3/h5-7,14-15,20H,4,8-13H2,1-3H3. The lowest BCUT2D eigenvalue weighted by Crippen LogP contribution is -2.50. The summed E-state index contributed by atoms with van der Waals surface area (Å²) in [5, 5.41) is 0. The van der Waals surface area contributed by atoms with E-state index in [0.29, 0.717) is 44.1 Å². The molecule has 1 aromatic rings. The molecule has 2 amide bonds. The Morgan fingerprint density at radius 2 is 1.74 bits per heavy atom. The minimum absolute atomic E-state index is 0.0812. The molecule has 7 nitrogen and oxygen atoms in total. The van der Waals surface area contributed by atoms with Gasteiger partial charge >= 0.3 is 0 Å². The highest BCUT2D eigenvalue weighted by atomic mass is 32.2. The van der Waals surface area contributed by atoms with Crippen molar-refractivity contribution in [3.8, 4) is 0 Å². The largest absolute Gasteiger partial charge is 0.339 e. The number of hydrogen-bond donors (Lipinski definition) is 1. The topological polar surface area (TPSA) is 86.8 Å². The maximum absolute atomic E-state index is 12.7. The summed E-state index contributed by atoms with van der Waals surface area (Å²) in [6, 6.07) is 6.07. The van der Waals surface area contributed by atoms with E-state index in [9.17, 15) is 18.0 Å². The monoisotopic (exact) mass is 395 g/mol. The van der Waals surface area contributed by atoms with Crippen molar-refractivity contribution in [3.05, 3.63) is 29.8 Å². The molecule has 27 heavy (non-hydrogen) atoms. The lowest BCUT2D eigenvalue weighted by molar-refractivity contribution is -0.132. The lowest BCUT2D eigenvalue weighted by Gasteiger charge is -2.35. The van der Waals surface area contributed by atoms with Crippen molar-refractivity contribution >= 4 is 21.8 Å². The molecule has 0 aliphatic carbocycles. The highest BCUT2D eigenvalue weighted by Crippen LogP contribution is 2.15. The minimum Gasteiger partial charge on any atom is -0.339 e. The quantitative estimate of drug-likeness (QED) is 0.761. The number of nitrogens with one attached hydrogen (secondary N) is 1. The third kappa shape index (κ3) is 5.77. The number of piperazine rings is 1. The van der Waals surface area contributed by atoms with Crippen LogP contribution in [0, 0.1) is 5.92 Å². The van der Waals surface area contributed by atoms with Gasteiger partial charge in [0.05, 0.1) is 4.90 Å². The number of nitrogens with zero attached hydrogens (tertiary/aromatic N) is 2. The minimum atomic E-state index is -3.60. The molecule has 1 heterocycles. The molecule has 0 aromatic heterocycles. The van der Waals surface area contributed by atoms with Gasteiger partial charge in [0, 0.05) is 44.7 Å². The van der Waals surface area contributed by atoms with Crippen molar-refractivity contribution in [2.75, 3.05) is 32.7 Å². The van der Waals surface area contributed by atoms with Crippen LogP contribution in [0.1, 0.15) is 44.0 Å². The van der Waals surface area contributed by atoms with Crippen LogP contribution in [0.25, 0.3) is 0 Å². The smallest absolute Gasteiger partial charge is 0.254 e. The zero-order valence-corrected chi connectivity index (χ0v) is 17.1. The maximum atomic E-state index is 12.7. The third-order valence-electron chi connectivity index (χ3n) is 4.58. The Kier molecular flexibility index (Phi) is 7.38. The van der Waals surface area contributed by atoms with Gasteiger partial charge in [-0.05, 0) is 30.5 Å². The number of benzene rings is 1. The molecule has 0 spiro atoms. The van der Waals surface area contributed by atoms with E-state index < -0.39 is 10.0 Å². The molecule has 0 bridgehead atoms. The Balaban J connectivity index is 1.99. The average Bonchev–Trinajstić information content (AvgIpc) is 2.65. The Hall–Kier alpha value is -1.93. The van der Waals surface area contributed by atoms with Gasteiger partial charge in [0.15, 0.2) is 0 Å². The van der Waals surface area contributed by atoms with E-state index >= 15 is 0 Å². The molecular formula is C19H29N3O4S. The highest BCUT2D eigenvalue weighted by Gasteiger charge is 2.25. The van der Waals surface area contributed by atoms with E-state index in [-0.39, 0.29) is 23.3 Å². The number of amides is 2. The van der Waals surface area contributed by atoms with Crippen molar-refractivity contribution in [1.29, 1.82) is 0 Å². The summed E-state index contributed by atoms with van der Waals surface area (Å²) in [7, 11) is -3.60. The molecule has 0 unspecified atom stereocenters. The van der Waals surface area contributed by atoms with Gasteiger partial charge in [-0.25, -0.2) is 13.1 Å². The Morgan fingerprint density at radius 1 is 1.11 bits per heavy atom. The number of sulfonamides is 1. The van der Waals surface area contributed by atoms with E-state index in [4.69, 9.17) is 0 Å². The van der Waals surface area contributed by atoms with Gasteiger partial charge in [-0.15, -0.1) is 0 Å². The van der Waals surface area contributed by atoms with Crippen LogP contribution in [0.2, 0.25) is 0 Å². The summed E-state index contributed by atoms with van der Waals surface area (Å²) in [4.78, 5) is 28.5. The van der Waals surface area contributed by atoms with Crippen LogP contribution < -0.4 is 4.72 Å². The van der Waals surface area contributed by atoms with Crippen molar-refractivity contribution < 1.29 is 18.0 Å². The normalized spacial score (nSPS) is 15.3. The third-order valence-corrected chi connectivity index (χ3v) is 6.12. The van der Waals surface area contributed by atoms with E-state index in [1.807, 2.05) is 0 Å². The van der Waals surface area contributed by atoms with Crippen LogP contribution in [0.15, 0.2) is 29.2 Å². The predicted octanol–water partition coefficient (Wildman–Crippen LogP) is 1.71. The fourth-order valence-electron chi connectivity index (χ4n) is 2.98. The summed E-state index contributed by atoms with van der Waals surface area (Å²) in [5.41, 5.74) is 0.341. The molecule has 1 aliphatic rings. The SMILES string of the molecule is CCNS(=O)(=O)c1cccc(C(=O)N2CCN(C(=O)CCC(C)C)CC2)c1. The summed E-state index contributed by atoms with van der Waals surface area (Å²) in [5.74, 6) is 0.412. The van der Waals surface area contributed by atoms with E-state index in [1.165, 1.54) is 12.1 Å². The predicted molar refractivity (Wildman–Crippen MR) is 104 cm³/mol. The average molecular weight is 396 g/mol. The molecule has 8 heteroatoms.